The van der Waals surface area contributed by atoms with Crippen molar-refractivity contribution < 1.29 is 0 Å². The van der Waals surface area contributed by atoms with Crippen molar-refractivity contribution >= 4 is 61.5 Å². The SMILES string of the molecule is Cc1ccc(N(c2ccc(C)cc2)c2ccc(/C=C/c3ccc(-c4ccc5c6ccccc6c6ccccc6c5c4)cc3)cc2)cc1. The molecule has 0 saturated carbocycles. The van der Waals surface area contributed by atoms with Gasteiger partial charge in [0.15, 0.2) is 0 Å². The van der Waals surface area contributed by atoms with Crippen LogP contribution in [-0.2, 0) is 0 Å². The second-order valence-corrected chi connectivity index (χ2v) is 12.4. The van der Waals surface area contributed by atoms with Gasteiger partial charge in [0.25, 0.3) is 0 Å². The summed E-state index contributed by atoms with van der Waals surface area (Å²) >= 11 is 0. The topological polar surface area (TPSA) is 3.24 Å². The van der Waals surface area contributed by atoms with E-state index in [-0.39, 0.29) is 0 Å². The Morgan fingerprint density at radius 3 is 1.17 bits per heavy atom. The zero-order valence-electron chi connectivity index (χ0n) is 26.7. The van der Waals surface area contributed by atoms with E-state index in [4.69, 9.17) is 0 Å². The van der Waals surface area contributed by atoms with Crippen molar-refractivity contribution in [2.75, 3.05) is 4.90 Å². The fourth-order valence-corrected chi connectivity index (χ4v) is 6.64. The molecule has 8 rings (SSSR count). The smallest absolute Gasteiger partial charge is 0.0462 e. The zero-order valence-corrected chi connectivity index (χ0v) is 26.7. The first-order valence-electron chi connectivity index (χ1n) is 16.3. The lowest BCUT2D eigenvalue weighted by Gasteiger charge is -2.25. The van der Waals surface area contributed by atoms with Crippen LogP contribution in [0.4, 0.5) is 17.1 Å². The van der Waals surface area contributed by atoms with Crippen molar-refractivity contribution in [2.24, 2.45) is 0 Å². The molecule has 0 heterocycles. The fraction of sp³-hybridized carbons (Fsp3) is 0.0435. The van der Waals surface area contributed by atoms with E-state index < -0.39 is 0 Å². The van der Waals surface area contributed by atoms with E-state index in [9.17, 15) is 0 Å². The maximum absolute atomic E-state index is 2.35. The van der Waals surface area contributed by atoms with Gasteiger partial charge in [0.1, 0.15) is 0 Å². The number of anilines is 3. The lowest BCUT2D eigenvalue weighted by atomic mass is 9.92. The average Bonchev–Trinajstić information content (AvgIpc) is 3.13. The van der Waals surface area contributed by atoms with E-state index in [1.807, 2.05) is 0 Å². The second kappa shape index (κ2) is 12.1. The number of hydrogen-bond acceptors (Lipinski definition) is 1. The summed E-state index contributed by atoms with van der Waals surface area (Å²) in [6.07, 6.45) is 4.38. The van der Waals surface area contributed by atoms with Crippen LogP contribution in [0.5, 0.6) is 0 Å². The quantitative estimate of drug-likeness (QED) is 0.135. The van der Waals surface area contributed by atoms with E-state index in [0.717, 1.165) is 17.1 Å². The Morgan fingerprint density at radius 2 is 0.702 bits per heavy atom. The standard InChI is InChI=1S/C46H35N/c1-32-11-24-38(25-12-32)47(39-26-13-33(2)14-27-39)40-28-19-35(20-29-40)16-15-34-17-21-36(22-18-34)37-23-30-45-43-9-4-3-7-41(43)42-8-5-6-10-44(42)46(45)31-37/h3-31H,1-2H3/b16-15+. The molecule has 8 aromatic rings. The summed E-state index contributed by atoms with van der Waals surface area (Å²) in [5, 5.41) is 7.82. The van der Waals surface area contributed by atoms with Crippen LogP contribution in [-0.4, -0.2) is 0 Å². The molecule has 0 aromatic heterocycles. The van der Waals surface area contributed by atoms with Gasteiger partial charge in [-0.3, -0.25) is 0 Å². The molecule has 1 heteroatoms. The predicted molar refractivity (Wildman–Crippen MR) is 204 cm³/mol. The van der Waals surface area contributed by atoms with Crippen molar-refractivity contribution in [1.29, 1.82) is 0 Å². The monoisotopic (exact) mass is 601 g/mol. The van der Waals surface area contributed by atoms with Gasteiger partial charge in [0, 0.05) is 17.1 Å². The molecule has 0 aliphatic rings. The lowest BCUT2D eigenvalue weighted by molar-refractivity contribution is 1.27. The molecule has 0 unspecified atom stereocenters. The highest BCUT2D eigenvalue weighted by Crippen LogP contribution is 2.38. The van der Waals surface area contributed by atoms with Gasteiger partial charge in [-0.25, -0.2) is 0 Å². The number of hydrogen-bond donors (Lipinski definition) is 0. The highest BCUT2D eigenvalue weighted by Gasteiger charge is 2.12. The molecule has 47 heavy (non-hydrogen) atoms. The number of rotatable bonds is 6. The van der Waals surface area contributed by atoms with Gasteiger partial charge in [-0.05, 0) is 111 Å². The molecular weight excluding hydrogens is 567 g/mol. The van der Waals surface area contributed by atoms with E-state index >= 15 is 0 Å². The number of benzene rings is 8. The third-order valence-corrected chi connectivity index (χ3v) is 9.19. The minimum absolute atomic E-state index is 1.13. The van der Waals surface area contributed by atoms with Crippen LogP contribution in [0, 0.1) is 13.8 Å². The number of fused-ring (bicyclic) bond motifs is 6. The Balaban J connectivity index is 1.05. The van der Waals surface area contributed by atoms with Crippen molar-refractivity contribution in [3.8, 4) is 11.1 Å². The Labute approximate surface area is 276 Å². The Kier molecular flexibility index (Phi) is 7.36. The highest BCUT2D eigenvalue weighted by atomic mass is 15.1. The van der Waals surface area contributed by atoms with E-state index in [2.05, 4.69) is 195 Å². The van der Waals surface area contributed by atoms with Gasteiger partial charge in [-0.1, -0.05) is 145 Å². The average molecular weight is 602 g/mol. The van der Waals surface area contributed by atoms with Crippen LogP contribution in [0.15, 0.2) is 164 Å². The molecule has 0 radical (unpaired) electrons. The molecule has 0 N–H and O–H groups in total. The summed E-state index contributed by atoms with van der Waals surface area (Å²) in [5.74, 6) is 0. The van der Waals surface area contributed by atoms with E-state index in [1.54, 1.807) is 0 Å². The van der Waals surface area contributed by atoms with Crippen LogP contribution in [0.3, 0.4) is 0 Å². The second-order valence-electron chi connectivity index (χ2n) is 12.4. The van der Waals surface area contributed by atoms with Gasteiger partial charge >= 0.3 is 0 Å². The summed E-state index contributed by atoms with van der Waals surface area (Å²) in [6.45, 7) is 4.25. The van der Waals surface area contributed by atoms with Crippen LogP contribution in [0.2, 0.25) is 0 Å². The van der Waals surface area contributed by atoms with E-state index in [1.165, 1.54) is 65.7 Å². The van der Waals surface area contributed by atoms with Crippen LogP contribution < -0.4 is 4.90 Å². The third kappa shape index (κ3) is 5.58. The Hall–Kier alpha value is -5.92. The molecule has 0 saturated heterocycles. The summed E-state index contributed by atoms with van der Waals surface area (Å²) in [5.41, 5.74) is 10.7. The third-order valence-electron chi connectivity index (χ3n) is 9.19. The molecule has 8 aromatic carbocycles. The Morgan fingerprint density at radius 1 is 0.340 bits per heavy atom. The molecule has 0 aliphatic heterocycles. The van der Waals surface area contributed by atoms with Crippen molar-refractivity contribution in [3.63, 3.8) is 0 Å². The van der Waals surface area contributed by atoms with Crippen molar-refractivity contribution in [3.05, 3.63) is 186 Å². The lowest BCUT2D eigenvalue weighted by Crippen LogP contribution is -2.09. The molecular formula is C46H35N. The zero-order chi connectivity index (χ0) is 31.7. The van der Waals surface area contributed by atoms with Crippen LogP contribution >= 0.6 is 0 Å². The molecule has 0 atom stereocenters. The van der Waals surface area contributed by atoms with Crippen LogP contribution in [0.1, 0.15) is 22.3 Å². The first-order valence-corrected chi connectivity index (χ1v) is 16.3. The molecule has 0 amide bonds. The molecule has 224 valence electrons. The van der Waals surface area contributed by atoms with Gasteiger partial charge in [0.2, 0.25) is 0 Å². The summed E-state index contributed by atoms with van der Waals surface area (Å²) < 4.78 is 0. The van der Waals surface area contributed by atoms with Crippen LogP contribution in [0.25, 0.3) is 55.6 Å². The maximum Gasteiger partial charge on any atom is 0.0462 e. The van der Waals surface area contributed by atoms with Crippen molar-refractivity contribution in [1.82, 2.24) is 0 Å². The number of nitrogens with zero attached hydrogens (tertiary/aromatic N) is 1. The van der Waals surface area contributed by atoms with E-state index in [0.29, 0.717) is 0 Å². The molecule has 0 spiro atoms. The molecule has 0 fully saturated rings. The van der Waals surface area contributed by atoms with Gasteiger partial charge < -0.3 is 4.90 Å². The first-order chi connectivity index (χ1) is 23.1. The van der Waals surface area contributed by atoms with Gasteiger partial charge in [-0.15, -0.1) is 0 Å². The fourth-order valence-electron chi connectivity index (χ4n) is 6.64. The largest absolute Gasteiger partial charge is 0.311 e. The van der Waals surface area contributed by atoms with Crippen molar-refractivity contribution in [2.45, 2.75) is 13.8 Å². The minimum atomic E-state index is 1.13. The first kappa shape index (κ1) is 28.5. The molecule has 1 nitrogen and oxygen atoms in total. The Bertz CT molecular complexity index is 2300. The molecule has 0 bridgehead atoms. The molecule has 0 aliphatic carbocycles. The predicted octanol–water partition coefficient (Wildman–Crippen LogP) is 13.1. The van der Waals surface area contributed by atoms with Gasteiger partial charge in [0.05, 0.1) is 0 Å². The summed E-state index contributed by atoms with van der Waals surface area (Å²) in [4.78, 5) is 2.31. The highest BCUT2D eigenvalue weighted by molar-refractivity contribution is 6.25. The minimum Gasteiger partial charge on any atom is -0.311 e. The van der Waals surface area contributed by atoms with Gasteiger partial charge in [-0.2, -0.15) is 0 Å². The summed E-state index contributed by atoms with van der Waals surface area (Å²) in [6, 6.07) is 59.5. The summed E-state index contributed by atoms with van der Waals surface area (Å²) in [7, 11) is 0. The number of aryl methyl sites for hydroxylation is 2. The maximum atomic E-state index is 2.35. The normalized spacial score (nSPS) is 11.5.